The predicted octanol–water partition coefficient (Wildman–Crippen LogP) is 4.67. The summed E-state index contributed by atoms with van der Waals surface area (Å²) < 4.78 is 8.01. The Labute approximate surface area is 161 Å². The Morgan fingerprint density at radius 2 is 2.00 bits per heavy atom. The average molecular weight is 390 g/mol. The lowest BCUT2D eigenvalue weighted by Gasteiger charge is -2.25. The van der Waals surface area contributed by atoms with Crippen LogP contribution in [0.2, 0.25) is 0 Å². The maximum Gasteiger partial charge on any atom is 0.226 e. The molecule has 0 spiro atoms. The summed E-state index contributed by atoms with van der Waals surface area (Å²) in [6.45, 7) is 2.01. The molecule has 0 aromatic carbocycles. The van der Waals surface area contributed by atoms with E-state index in [1.807, 2.05) is 6.92 Å². The Balaban J connectivity index is 1.55. The van der Waals surface area contributed by atoms with E-state index in [9.17, 15) is 0 Å². The highest BCUT2D eigenvalue weighted by Crippen LogP contribution is 2.34. The topological polar surface area (TPSA) is 69.6 Å². The molecule has 0 unspecified atom stereocenters. The van der Waals surface area contributed by atoms with E-state index in [1.165, 1.54) is 37.0 Å². The third kappa shape index (κ3) is 4.01. The molecule has 1 aliphatic rings. The standard InChI is InChI=1S/C18H23N5OS2/c1-2-16-20-21-17(24-16)12-26-18-22-19-15(11-14-9-6-10-25-14)23(18)13-7-4-3-5-8-13/h6,9-10,13H,2-5,7-8,11-12H2,1H3. The van der Waals surface area contributed by atoms with E-state index in [-0.39, 0.29) is 0 Å². The van der Waals surface area contributed by atoms with Gasteiger partial charge < -0.3 is 8.98 Å². The van der Waals surface area contributed by atoms with Crippen LogP contribution in [-0.4, -0.2) is 25.0 Å². The first-order chi connectivity index (χ1) is 12.8. The SMILES string of the molecule is CCc1nnc(CSc2nnc(Cc3cccs3)n2C2CCCCC2)o1. The summed E-state index contributed by atoms with van der Waals surface area (Å²) in [5.74, 6) is 3.05. The summed E-state index contributed by atoms with van der Waals surface area (Å²) in [6.07, 6.45) is 7.95. The van der Waals surface area contributed by atoms with Crippen LogP contribution in [0, 0.1) is 0 Å². The first kappa shape index (κ1) is 17.7. The van der Waals surface area contributed by atoms with E-state index in [0.29, 0.717) is 23.6 Å². The maximum absolute atomic E-state index is 5.63. The molecule has 0 radical (unpaired) electrons. The van der Waals surface area contributed by atoms with Crippen LogP contribution in [-0.2, 0) is 18.6 Å². The van der Waals surface area contributed by atoms with Gasteiger partial charge >= 0.3 is 0 Å². The molecule has 3 heterocycles. The molecule has 1 fully saturated rings. The molecule has 6 nitrogen and oxygen atoms in total. The van der Waals surface area contributed by atoms with Crippen molar-refractivity contribution in [3.05, 3.63) is 40.0 Å². The predicted molar refractivity (Wildman–Crippen MR) is 103 cm³/mol. The average Bonchev–Trinajstić information content (AvgIpc) is 3.42. The second-order valence-electron chi connectivity index (χ2n) is 6.55. The molecule has 26 heavy (non-hydrogen) atoms. The molecule has 1 aliphatic carbocycles. The molecule has 0 atom stereocenters. The van der Waals surface area contributed by atoms with Gasteiger partial charge in [0.1, 0.15) is 5.82 Å². The van der Waals surface area contributed by atoms with Gasteiger partial charge in [-0.15, -0.1) is 31.7 Å². The maximum atomic E-state index is 5.63. The van der Waals surface area contributed by atoms with Gasteiger partial charge in [0.05, 0.1) is 5.75 Å². The van der Waals surface area contributed by atoms with Crippen molar-refractivity contribution < 1.29 is 4.42 Å². The highest BCUT2D eigenvalue weighted by atomic mass is 32.2. The van der Waals surface area contributed by atoms with Crippen molar-refractivity contribution in [1.82, 2.24) is 25.0 Å². The van der Waals surface area contributed by atoms with Crippen LogP contribution >= 0.6 is 23.1 Å². The molecule has 3 aromatic rings. The number of thiophene rings is 1. The lowest BCUT2D eigenvalue weighted by Crippen LogP contribution is -2.16. The Hall–Kier alpha value is -1.67. The van der Waals surface area contributed by atoms with Crippen LogP contribution in [0.5, 0.6) is 0 Å². The number of aromatic nitrogens is 5. The number of rotatable bonds is 7. The molecular weight excluding hydrogens is 366 g/mol. The zero-order valence-electron chi connectivity index (χ0n) is 14.9. The van der Waals surface area contributed by atoms with E-state index in [4.69, 9.17) is 4.42 Å². The molecule has 0 amide bonds. The quantitative estimate of drug-likeness (QED) is 0.547. The van der Waals surface area contributed by atoms with Crippen LogP contribution in [0.3, 0.4) is 0 Å². The summed E-state index contributed by atoms with van der Waals surface area (Å²) in [5.41, 5.74) is 0. The molecule has 0 N–H and O–H groups in total. The highest BCUT2D eigenvalue weighted by molar-refractivity contribution is 7.98. The van der Waals surface area contributed by atoms with Gasteiger partial charge in [0, 0.05) is 23.8 Å². The van der Waals surface area contributed by atoms with Crippen LogP contribution < -0.4 is 0 Å². The Bertz CT molecular complexity index is 821. The second kappa shape index (κ2) is 8.35. The van der Waals surface area contributed by atoms with Crippen molar-refractivity contribution >= 4 is 23.1 Å². The molecule has 1 saturated carbocycles. The largest absolute Gasteiger partial charge is 0.424 e. The second-order valence-corrected chi connectivity index (χ2v) is 8.52. The number of hydrogen-bond donors (Lipinski definition) is 0. The Morgan fingerprint density at radius 3 is 2.73 bits per heavy atom. The van der Waals surface area contributed by atoms with Crippen molar-refractivity contribution in [2.75, 3.05) is 0 Å². The van der Waals surface area contributed by atoms with Gasteiger partial charge in [0.25, 0.3) is 0 Å². The number of thioether (sulfide) groups is 1. The summed E-state index contributed by atoms with van der Waals surface area (Å²) in [6, 6.07) is 4.77. The highest BCUT2D eigenvalue weighted by Gasteiger charge is 2.23. The molecule has 0 bridgehead atoms. The van der Waals surface area contributed by atoms with E-state index in [1.54, 1.807) is 23.1 Å². The third-order valence-corrected chi connectivity index (χ3v) is 6.53. The molecule has 4 rings (SSSR count). The van der Waals surface area contributed by atoms with E-state index < -0.39 is 0 Å². The summed E-state index contributed by atoms with van der Waals surface area (Å²) >= 11 is 3.42. The lowest BCUT2D eigenvalue weighted by molar-refractivity contribution is 0.330. The van der Waals surface area contributed by atoms with Crippen molar-refractivity contribution in [3.8, 4) is 0 Å². The van der Waals surface area contributed by atoms with Crippen LogP contribution in [0.15, 0.2) is 27.1 Å². The van der Waals surface area contributed by atoms with Crippen molar-refractivity contribution in [2.45, 2.75) is 68.8 Å². The van der Waals surface area contributed by atoms with Crippen LogP contribution in [0.25, 0.3) is 0 Å². The molecule has 0 aliphatic heterocycles. The fraction of sp³-hybridized carbons (Fsp3) is 0.556. The monoisotopic (exact) mass is 389 g/mol. The van der Waals surface area contributed by atoms with Gasteiger partial charge in [0.2, 0.25) is 11.8 Å². The van der Waals surface area contributed by atoms with Gasteiger partial charge in [-0.1, -0.05) is 44.0 Å². The number of aryl methyl sites for hydroxylation is 1. The summed E-state index contributed by atoms with van der Waals surface area (Å²) in [5, 5.41) is 20.3. The fourth-order valence-corrected chi connectivity index (χ4v) is 4.98. The number of hydrogen-bond acceptors (Lipinski definition) is 7. The van der Waals surface area contributed by atoms with Crippen molar-refractivity contribution in [3.63, 3.8) is 0 Å². The normalized spacial score (nSPS) is 15.6. The van der Waals surface area contributed by atoms with E-state index in [0.717, 1.165) is 23.8 Å². The molecule has 0 saturated heterocycles. The van der Waals surface area contributed by atoms with Gasteiger partial charge in [-0.05, 0) is 24.3 Å². The van der Waals surface area contributed by atoms with Crippen LogP contribution in [0.1, 0.15) is 67.6 Å². The van der Waals surface area contributed by atoms with Crippen molar-refractivity contribution in [2.24, 2.45) is 0 Å². The van der Waals surface area contributed by atoms with E-state index >= 15 is 0 Å². The fourth-order valence-electron chi connectivity index (χ4n) is 3.42. The minimum absolute atomic E-state index is 0.505. The van der Waals surface area contributed by atoms with Gasteiger partial charge in [0.15, 0.2) is 5.16 Å². The minimum Gasteiger partial charge on any atom is -0.424 e. The number of nitrogens with zero attached hydrogens (tertiary/aromatic N) is 5. The Kier molecular flexibility index (Phi) is 5.69. The van der Waals surface area contributed by atoms with Crippen molar-refractivity contribution in [1.29, 1.82) is 0 Å². The summed E-state index contributed by atoms with van der Waals surface area (Å²) in [7, 11) is 0. The van der Waals surface area contributed by atoms with Gasteiger partial charge in [-0.25, -0.2) is 0 Å². The molecule has 8 heteroatoms. The minimum atomic E-state index is 0.505. The van der Waals surface area contributed by atoms with Gasteiger partial charge in [-0.3, -0.25) is 0 Å². The first-order valence-corrected chi connectivity index (χ1v) is 11.1. The van der Waals surface area contributed by atoms with E-state index in [2.05, 4.69) is 42.5 Å². The zero-order chi connectivity index (χ0) is 17.8. The lowest BCUT2D eigenvalue weighted by atomic mass is 9.95. The smallest absolute Gasteiger partial charge is 0.226 e. The molecule has 138 valence electrons. The Morgan fingerprint density at radius 1 is 1.15 bits per heavy atom. The molecule has 3 aromatic heterocycles. The first-order valence-electron chi connectivity index (χ1n) is 9.23. The molecular formula is C18H23N5OS2. The van der Waals surface area contributed by atoms with Gasteiger partial charge in [-0.2, -0.15) is 0 Å². The zero-order valence-corrected chi connectivity index (χ0v) is 16.6. The third-order valence-electron chi connectivity index (χ3n) is 4.72. The van der Waals surface area contributed by atoms with Crippen LogP contribution in [0.4, 0.5) is 0 Å². The summed E-state index contributed by atoms with van der Waals surface area (Å²) in [4.78, 5) is 1.33.